The molecule has 2 aliphatic heterocycles. The number of hydrogen-bond donors (Lipinski definition) is 2. The van der Waals surface area contributed by atoms with Crippen LogP contribution in [0.5, 0.6) is 0 Å². The average Bonchev–Trinajstić information content (AvgIpc) is 3.54. The van der Waals surface area contributed by atoms with Crippen LogP contribution in [-0.4, -0.2) is 82.4 Å². The number of carboxylic acids is 2. The molecule has 3 fully saturated rings. The van der Waals surface area contributed by atoms with E-state index >= 15 is 0 Å². The number of carboxylic acid groups (broad SMARTS) is 2. The smallest absolute Gasteiger partial charge is 0.475 e. The Kier molecular flexibility index (Phi) is 10.9. The lowest BCUT2D eigenvalue weighted by molar-refractivity contribution is -0.193. The van der Waals surface area contributed by atoms with Gasteiger partial charge in [-0.2, -0.15) is 26.3 Å². The standard InChI is InChI=1S/C18H26N2O2.2C2HF3O2/c1-2-15(10-19-8-1)11-20-9-7-18-17(20)6-5-16(22-18)13-21-12-14-3-4-14;2*3-2(4,5)1(6)7/h1-2,8,10,14,16-18H,3-7,9,11-13H2;2*(H,6,7)/t16-,17-,18-;;/m1../s1. The van der Waals surface area contributed by atoms with Crippen molar-refractivity contribution in [2.75, 3.05) is 19.8 Å². The minimum atomic E-state index is -5.08. The zero-order chi connectivity index (χ0) is 26.9. The third kappa shape index (κ3) is 10.7. The lowest BCUT2D eigenvalue weighted by Crippen LogP contribution is -2.43. The Bertz CT molecular complexity index is 811. The summed E-state index contributed by atoms with van der Waals surface area (Å²) in [5.74, 6) is -4.67. The Morgan fingerprint density at radius 3 is 2.11 bits per heavy atom. The Labute approximate surface area is 203 Å². The fourth-order valence-corrected chi connectivity index (χ4v) is 3.78. The van der Waals surface area contributed by atoms with Crippen LogP contribution in [0.25, 0.3) is 0 Å². The molecule has 0 spiro atoms. The third-order valence-electron chi connectivity index (χ3n) is 5.70. The summed E-state index contributed by atoms with van der Waals surface area (Å²) in [5.41, 5.74) is 1.30. The summed E-state index contributed by atoms with van der Waals surface area (Å²) in [4.78, 5) is 24.6. The van der Waals surface area contributed by atoms with Crippen LogP contribution < -0.4 is 0 Å². The first kappa shape index (κ1) is 29.8. The van der Waals surface area contributed by atoms with E-state index in [0.717, 1.165) is 45.1 Å². The number of likely N-dealkylation sites (tertiary alicyclic amines) is 1. The normalized spacial score (nSPS) is 24.0. The van der Waals surface area contributed by atoms with Crippen molar-refractivity contribution >= 4 is 11.9 Å². The highest BCUT2D eigenvalue weighted by atomic mass is 19.4. The molecule has 0 radical (unpaired) electrons. The molecular formula is C22H28F6N2O6. The van der Waals surface area contributed by atoms with Crippen LogP contribution in [0.1, 0.15) is 37.7 Å². The minimum Gasteiger partial charge on any atom is -0.475 e. The van der Waals surface area contributed by atoms with Gasteiger partial charge >= 0.3 is 24.3 Å². The number of aromatic nitrogens is 1. The zero-order valence-corrected chi connectivity index (χ0v) is 19.2. The highest BCUT2D eigenvalue weighted by molar-refractivity contribution is 5.73. The predicted molar refractivity (Wildman–Crippen MR) is 112 cm³/mol. The number of rotatable bonds is 6. The van der Waals surface area contributed by atoms with Gasteiger partial charge in [0.1, 0.15) is 0 Å². The number of aliphatic carboxylic acids is 2. The second-order valence-corrected chi connectivity index (χ2v) is 8.65. The summed E-state index contributed by atoms with van der Waals surface area (Å²) < 4.78 is 75.6. The minimum absolute atomic E-state index is 0.318. The SMILES string of the molecule is O=C(O)C(F)(F)F.O=C(O)C(F)(F)F.c1cncc(CN2CC[C@H]3O[C@@H](COCC4CC4)CC[C@H]32)c1. The van der Waals surface area contributed by atoms with E-state index in [1.807, 2.05) is 18.5 Å². The van der Waals surface area contributed by atoms with Gasteiger partial charge in [0.15, 0.2) is 0 Å². The Balaban J connectivity index is 0.000000271. The number of carbonyl (C=O) groups is 2. The molecule has 4 rings (SSSR count). The van der Waals surface area contributed by atoms with E-state index in [-0.39, 0.29) is 0 Å². The molecule has 14 heteroatoms. The second-order valence-electron chi connectivity index (χ2n) is 8.65. The van der Waals surface area contributed by atoms with Gasteiger partial charge in [0.25, 0.3) is 0 Å². The number of pyridine rings is 1. The van der Waals surface area contributed by atoms with Crippen LogP contribution in [0.2, 0.25) is 0 Å². The average molecular weight is 530 g/mol. The number of nitrogens with zero attached hydrogens (tertiary/aromatic N) is 2. The van der Waals surface area contributed by atoms with Crippen LogP contribution in [0.3, 0.4) is 0 Å². The fraction of sp³-hybridized carbons (Fsp3) is 0.682. The molecular weight excluding hydrogens is 502 g/mol. The van der Waals surface area contributed by atoms with Gasteiger partial charge in [0.2, 0.25) is 0 Å². The van der Waals surface area contributed by atoms with E-state index in [4.69, 9.17) is 29.3 Å². The van der Waals surface area contributed by atoms with Gasteiger partial charge in [0.05, 0.1) is 18.8 Å². The summed E-state index contributed by atoms with van der Waals surface area (Å²) in [7, 11) is 0. The van der Waals surface area contributed by atoms with E-state index in [1.54, 1.807) is 0 Å². The fourth-order valence-electron chi connectivity index (χ4n) is 3.78. The van der Waals surface area contributed by atoms with E-state index in [9.17, 15) is 26.3 Å². The van der Waals surface area contributed by atoms with Gasteiger partial charge < -0.3 is 19.7 Å². The summed E-state index contributed by atoms with van der Waals surface area (Å²) in [5, 5.41) is 14.2. The van der Waals surface area contributed by atoms with E-state index in [0.29, 0.717) is 18.2 Å². The number of hydrogen-bond acceptors (Lipinski definition) is 6. The number of fused-ring (bicyclic) bond motifs is 1. The Hall–Kier alpha value is -2.45. The molecule has 1 aromatic heterocycles. The Morgan fingerprint density at radius 1 is 1.00 bits per heavy atom. The van der Waals surface area contributed by atoms with Crippen molar-refractivity contribution in [1.29, 1.82) is 0 Å². The van der Waals surface area contributed by atoms with Gasteiger partial charge in [-0.25, -0.2) is 9.59 Å². The highest BCUT2D eigenvalue weighted by Gasteiger charge is 2.40. The summed E-state index contributed by atoms with van der Waals surface area (Å²) in [6, 6.07) is 4.77. The van der Waals surface area contributed by atoms with Crippen molar-refractivity contribution in [3.63, 3.8) is 0 Å². The largest absolute Gasteiger partial charge is 0.490 e. The second kappa shape index (κ2) is 13.2. The topological polar surface area (TPSA) is 109 Å². The molecule has 204 valence electrons. The van der Waals surface area contributed by atoms with Crippen LogP contribution in [0.15, 0.2) is 24.5 Å². The molecule has 3 heterocycles. The lowest BCUT2D eigenvalue weighted by atomic mass is 9.99. The quantitative estimate of drug-likeness (QED) is 0.534. The molecule has 2 N–H and O–H groups in total. The molecule has 1 saturated carbocycles. The highest BCUT2D eigenvalue weighted by Crippen LogP contribution is 2.33. The molecule has 8 nitrogen and oxygen atoms in total. The molecule has 2 saturated heterocycles. The summed E-state index contributed by atoms with van der Waals surface area (Å²) in [6.07, 6.45) is 0.622. The first-order chi connectivity index (χ1) is 16.8. The van der Waals surface area contributed by atoms with Crippen LogP contribution in [-0.2, 0) is 25.6 Å². The maximum Gasteiger partial charge on any atom is 0.490 e. The predicted octanol–water partition coefficient (Wildman–Crippen LogP) is 3.90. The molecule has 1 aromatic rings. The van der Waals surface area contributed by atoms with Crippen LogP contribution in [0, 0.1) is 5.92 Å². The van der Waals surface area contributed by atoms with Gasteiger partial charge in [-0.15, -0.1) is 0 Å². The lowest BCUT2D eigenvalue weighted by Gasteiger charge is -2.36. The molecule has 0 unspecified atom stereocenters. The van der Waals surface area contributed by atoms with Crippen molar-refractivity contribution in [2.45, 2.75) is 69.3 Å². The first-order valence-corrected chi connectivity index (χ1v) is 11.2. The summed E-state index contributed by atoms with van der Waals surface area (Å²) in [6.45, 7) is 3.88. The van der Waals surface area contributed by atoms with Crippen molar-refractivity contribution in [3.05, 3.63) is 30.1 Å². The van der Waals surface area contributed by atoms with Crippen molar-refractivity contribution in [2.24, 2.45) is 5.92 Å². The van der Waals surface area contributed by atoms with Gasteiger partial charge in [-0.1, -0.05) is 6.07 Å². The molecule has 0 aromatic carbocycles. The number of alkyl halides is 6. The van der Waals surface area contributed by atoms with Gasteiger partial charge in [0, 0.05) is 38.1 Å². The van der Waals surface area contributed by atoms with E-state index in [1.165, 1.54) is 24.8 Å². The maximum atomic E-state index is 10.6. The molecule has 3 aliphatic rings. The third-order valence-corrected chi connectivity index (χ3v) is 5.70. The maximum absolute atomic E-state index is 10.6. The van der Waals surface area contributed by atoms with Crippen molar-refractivity contribution in [1.82, 2.24) is 9.88 Å². The van der Waals surface area contributed by atoms with Crippen LogP contribution >= 0.6 is 0 Å². The van der Waals surface area contributed by atoms with Gasteiger partial charge in [-0.05, 0) is 49.7 Å². The Morgan fingerprint density at radius 2 is 1.61 bits per heavy atom. The molecule has 0 amide bonds. The van der Waals surface area contributed by atoms with Crippen molar-refractivity contribution in [3.8, 4) is 0 Å². The van der Waals surface area contributed by atoms with E-state index in [2.05, 4.69) is 16.0 Å². The number of ether oxygens (including phenoxy) is 2. The number of halogens is 6. The monoisotopic (exact) mass is 530 g/mol. The molecule has 1 aliphatic carbocycles. The van der Waals surface area contributed by atoms with Crippen LogP contribution in [0.4, 0.5) is 26.3 Å². The summed E-state index contributed by atoms with van der Waals surface area (Å²) >= 11 is 0. The van der Waals surface area contributed by atoms with Crippen molar-refractivity contribution < 1.29 is 55.6 Å². The first-order valence-electron chi connectivity index (χ1n) is 11.2. The molecule has 36 heavy (non-hydrogen) atoms. The molecule has 0 bridgehead atoms. The van der Waals surface area contributed by atoms with E-state index < -0.39 is 24.3 Å². The van der Waals surface area contributed by atoms with Gasteiger partial charge in [-0.3, -0.25) is 9.88 Å². The zero-order valence-electron chi connectivity index (χ0n) is 19.2. The molecule has 3 atom stereocenters.